The number of benzene rings is 1. The predicted molar refractivity (Wildman–Crippen MR) is 62.6 cm³/mol. The highest BCUT2D eigenvalue weighted by Crippen LogP contribution is 2.36. The molecule has 0 aromatic heterocycles. The van der Waals surface area contributed by atoms with Gasteiger partial charge in [0.1, 0.15) is 5.54 Å². The van der Waals surface area contributed by atoms with Gasteiger partial charge in [0.05, 0.1) is 5.92 Å². The Balaban J connectivity index is 2.04. The largest absolute Gasteiger partial charge is 0.480 e. The molecular weight excluding hydrogens is 218 g/mol. The maximum Gasteiger partial charge on any atom is 0.329 e. The van der Waals surface area contributed by atoms with Crippen LogP contribution in [0.3, 0.4) is 0 Å². The molecule has 90 valence electrons. The van der Waals surface area contributed by atoms with Crippen molar-refractivity contribution in [2.24, 2.45) is 0 Å². The second kappa shape index (κ2) is 4.20. The van der Waals surface area contributed by atoms with Gasteiger partial charge in [0, 0.05) is 0 Å². The van der Waals surface area contributed by atoms with Crippen molar-refractivity contribution in [2.75, 3.05) is 0 Å². The first-order valence-electron chi connectivity index (χ1n) is 5.65. The minimum absolute atomic E-state index is 0.226. The van der Waals surface area contributed by atoms with E-state index in [1.54, 1.807) is 6.92 Å². The number of nitrogens with one attached hydrogen (secondary N) is 1. The van der Waals surface area contributed by atoms with E-state index in [-0.39, 0.29) is 11.8 Å². The molecule has 0 radical (unpaired) electrons. The number of amides is 1. The summed E-state index contributed by atoms with van der Waals surface area (Å²) in [6.07, 6.45) is 1.05. The van der Waals surface area contributed by atoms with Gasteiger partial charge >= 0.3 is 5.97 Å². The molecule has 1 amide bonds. The summed E-state index contributed by atoms with van der Waals surface area (Å²) in [6.45, 7) is 1.78. The highest BCUT2D eigenvalue weighted by Gasteiger charge is 2.52. The Morgan fingerprint density at radius 2 is 1.88 bits per heavy atom. The second-order valence-electron chi connectivity index (χ2n) is 4.51. The topological polar surface area (TPSA) is 66.4 Å². The van der Waals surface area contributed by atoms with E-state index in [0.717, 1.165) is 5.56 Å². The Morgan fingerprint density at radius 3 is 2.35 bits per heavy atom. The van der Waals surface area contributed by atoms with Crippen LogP contribution in [0.2, 0.25) is 0 Å². The Bertz CT molecular complexity index is 437. The Kier molecular flexibility index (Phi) is 2.88. The molecule has 4 heteroatoms. The summed E-state index contributed by atoms with van der Waals surface area (Å²) < 4.78 is 0. The van der Waals surface area contributed by atoms with Crippen molar-refractivity contribution in [1.82, 2.24) is 5.32 Å². The first-order chi connectivity index (χ1) is 8.05. The fourth-order valence-electron chi connectivity index (χ4n) is 1.75. The number of carbonyl (C=O) groups excluding carboxylic acids is 1. The van der Waals surface area contributed by atoms with Crippen LogP contribution in [0.25, 0.3) is 0 Å². The van der Waals surface area contributed by atoms with Crippen molar-refractivity contribution in [2.45, 2.75) is 31.2 Å². The lowest BCUT2D eigenvalue weighted by Crippen LogP contribution is -2.44. The summed E-state index contributed by atoms with van der Waals surface area (Å²) in [5.41, 5.74) is -0.105. The molecule has 2 N–H and O–H groups in total. The van der Waals surface area contributed by atoms with E-state index >= 15 is 0 Å². The molecule has 1 fully saturated rings. The predicted octanol–water partition coefficient (Wildman–Crippen LogP) is 1.52. The summed E-state index contributed by atoms with van der Waals surface area (Å²) in [7, 11) is 0. The van der Waals surface area contributed by atoms with Crippen LogP contribution in [0.5, 0.6) is 0 Å². The first kappa shape index (κ1) is 11.6. The first-order valence-corrected chi connectivity index (χ1v) is 5.65. The number of carbonyl (C=O) groups is 2. The van der Waals surface area contributed by atoms with E-state index in [9.17, 15) is 9.59 Å². The van der Waals surface area contributed by atoms with Gasteiger partial charge < -0.3 is 10.4 Å². The smallest absolute Gasteiger partial charge is 0.329 e. The van der Waals surface area contributed by atoms with Gasteiger partial charge in [-0.15, -0.1) is 0 Å². The van der Waals surface area contributed by atoms with Crippen LogP contribution < -0.4 is 5.32 Å². The molecule has 2 rings (SSSR count). The van der Waals surface area contributed by atoms with Crippen molar-refractivity contribution >= 4 is 11.9 Å². The lowest BCUT2D eigenvalue weighted by Gasteiger charge is -2.17. The molecule has 17 heavy (non-hydrogen) atoms. The van der Waals surface area contributed by atoms with Gasteiger partial charge in [0.2, 0.25) is 5.91 Å². The fourth-order valence-corrected chi connectivity index (χ4v) is 1.75. The number of rotatable bonds is 4. The van der Waals surface area contributed by atoms with Crippen molar-refractivity contribution in [3.63, 3.8) is 0 Å². The van der Waals surface area contributed by atoms with Gasteiger partial charge in [0.15, 0.2) is 0 Å². The molecule has 1 aromatic rings. The summed E-state index contributed by atoms with van der Waals surface area (Å²) >= 11 is 0. The van der Waals surface area contributed by atoms with Gasteiger partial charge in [-0.25, -0.2) is 4.79 Å². The maximum atomic E-state index is 11.9. The standard InChI is InChI=1S/C13H15NO3/c1-9(10-5-3-2-4-6-10)11(15)14-13(7-8-13)12(16)17/h2-6,9H,7-8H2,1H3,(H,14,15)(H,16,17)/t9-/m1/s1. The normalized spacial score (nSPS) is 18.2. The Morgan fingerprint density at radius 1 is 1.29 bits per heavy atom. The van der Waals surface area contributed by atoms with E-state index in [1.807, 2.05) is 30.3 Å². The van der Waals surface area contributed by atoms with Crippen molar-refractivity contribution in [3.8, 4) is 0 Å². The molecular formula is C13H15NO3. The van der Waals surface area contributed by atoms with Crippen LogP contribution in [-0.2, 0) is 9.59 Å². The van der Waals surface area contributed by atoms with Gasteiger partial charge in [-0.1, -0.05) is 30.3 Å². The monoisotopic (exact) mass is 233 g/mol. The van der Waals surface area contributed by atoms with Crippen molar-refractivity contribution in [3.05, 3.63) is 35.9 Å². The molecule has 0 heterocycles. The molecule has 1 saturated carbocycles. The molecule has 0 saturated heterocycles. The fraction of sp³-hybridized carbons (Fsp3) is 0.385. The molecule has 1 aliphatic rings. The van der Waals surface area contributed by atoms with Crippen LogP contribution in [-0.4, -0.2) is 22.5 Å². The summed E-state index contributed by atoms with van der Waals surface area (Å²) in [5.74, 6) is -1.49. The lowest BCUT2D eigenvalue weighted by molar-refractivity contribution is -0.143. The third kappa shape index (κ3) is 2.30. The Labute approximate surface area is 99.6 Å². The summed E-state index contributed by atoms with van der Waals surface area (Å²) in [5, 5.41) is 11.6. The van der Waals surface area contributed by atoms with Crippen LogP contribution in [0.4, 0.5) is 0 Å². The van der Waals surface area contributed by atoms with Gasteiger partial charge in [-0.2, -0.15) is 0 Å². The number of aliphatic carboxylic acids is 1. The molecule has 0 spiro atoms. The zero-order valence-corrected chi connectivity index (χ0v) is 9.64. The van der Waals surface area contributed by atoms with Crippen molar-refractivity contribution in [1.29, 1.82) is 0 Å². The molecule has 4 nitrogen and oxygen atoms in total. The third-order valence-electron chi connectivity index (χ3n) is 3.21. The van der Waals surface area contributed by atoms with Gasteiger partial charge in [-0.05, 0) is 25.3 Å². The van der Waals surface area contributed by atoms with Crippen LogP contribution in [0.15, 0.2) is 30.3 Å². The van der Waals surface area contributed by atoms with Crippen molar-refractivity contribution < 1.29 is 14.7 Å². The van der Waals surface area contributed by atoms with E-state index in [0.29, 0.717) is 12.8 Å². The van der Waals surface area contributed by atoms with E-state index in [1.165, 1.54) is 0 Å². The van der Waals surface area contributed by atoms with E-state index in [2.05, 4.69) is 5.32 Å². The number of carboxylic acid groups (broad SMARTS) is 1. The van der Waals surface area contributed by atoms with Gasteiger partial charge in [-0.3, -0.25) is 4.79 Å². The number of hydrogen-bond acceptors (Lipinski definition) is 2. The average molecular weight is 233 g/mol. The van der Waals surface area contributed by atoms with Crippen LogP contribution in [0.1, 0.15) is 31.2 Å². The quantitative estimate of drug-likeness (QED) is 0.828. The average Bonchev–Trinajstić information content (AvgIpc) is 3.10. The highest BCUT2D eigenvalue weighted by molar-refractivity contribution is 5.92. The zero-order valence-electron chi connectivity index (χ0n) is 9.64. The lowest BCUT2D eigenvalue weighted by atomic mass is 10.00. The minimum atomic E-state index is -1.000. The molecule has 1 aromatic carbocycles. The minimum Gasteiger partial charge on any atom is -0.480 e. The molecule has 0 bridgehead atoms. The number of carboxylic acids is 1. The van der Waals surface area contributed by atoms with Crippen LogP contribution >= 0.6 is 0 Å². The molecule has 0 unspecified atom stereocenters. The maximum absolute atomic E-state index is 11.9. The third-order valence-corrected chi connectivity index (χ3v) is 3.21. The summed E-state index contributed by atoms with van der Waals surface area (Å²) in [4.78, 5) is 22.9. The van der Waals surface area contributed by atoms with Gasteiger partial charge in [0.25, 0.3) is 0 Å². The zero-order chi connectivity index (χ0) is 12.5. The van der Waals surface area contributed by atoms with E-state index < -0.39 is 11.5 Å². The highest BCUT2D eigenvalue weighted by atomic mass is 16.4. The second-order valence-corrected chi connectivity index (χ2v) is 4.51. The molecule has 1 atom stereocenters. The van der Waals surface area contributed by atoms with E-state index in [4.69, 9.17) is 5.11 Å². The number of hydrogen-bond donors (Lipinski definition) is 2. The van der Waals surface area contributed by atoms with Crippen LogP contribution in [0, 0.1) is 0 Å². The molecule has 1 aliphatic carbocycles. The SMILES string of the molecule is C[C@@H](C(=O)NC1(C(=O)O)CC1)c1ccccc1. The summed E-state index contributed by atoms with van der Waals surface area (Å²) in [6, 6.07) is 9.34. The molecule has 0 aliphatic heterocycles. The Hall–Kier alpha value is -1.84.